The molecule has 2 aliphatic rings. The van der Waals surface area contributed by atoms with Crippen LogP contribution in [0.1, 0.15) is 155 Å². The second-order valence-electron chi connectivity index (χ2n) is 18.5. The van der Waals surface area contributed by atoms with E-state index in [1.807, 2.05) is 6.07 Å². The summed E-state index contributed by atoms with van der Waals surface area (Å²) in [5.41, 5.74) is 10.1. The van der Waals surface area contributed by atoms with Crippen LogP contribution >= 0.6 is 0 Å². The van der Waals surface area contributed by atoms with Gasteiger partial charge in [0.1, 0.15) is 5.75 Å². The van der Waals surface area contributed by atoms with Gasteiger partial charge in [-0.2, -0.15) is 0 Å². The molecule has 1 nitrogen and oxygen atoms in total. The van der Waals surface area contributed by atoms with Crippen LogP contribution in [0.4, 0.5) is 0 Å². The van der Waals surface area contributed by atoms with Gasteiger partial charge in [0.2, 0.25) is 0 Å². The third-order valence-electron chi connectivity index (χ3n) is 12.2. The first-order valence-corrected chi connectivity index (χ1v) is 17.7. The highest BCUT2D eigenvalue weighted by atomic mass is 16.3. The van der Waals surface area contributed by atoms with Gasteiger partial charge in [0.05, 0.1) is 0 Å². The highest BCUT2D eigenvalue weighted by Gasteiger charge is 2.39. The quantitative estimate of drug-likeness (QED) is 0.230. The van der Waals surface area contributed by atoms with Crippen molar-refractivity contribution in [2.75, 3.05) is 0 Å². The number of hydrogen-bond donors (Lipinski definition) is 1. The Kier molecular flexibility index (Phi) is 7.40. The zero-order valence-corrected chi connectivity index (χ0v) is 30.4. The van der Waals surface area contributed by atoms with Crippen LogP contribution in [0, 0.1) is 5.41 Å². The molecule has 2 aliphatic carbocycles. The minimum absolute atomic E-state index is 0.107. The highest BCUT2D eigenvalue weighted by Crippen LogP contribution is 2.53. The predicted octanol–water partition coefficient (Wildman–Crippen LogP) is 13.0. The molecule has 0 saturated heterocycles. The summed E-state index contributed by atoms with van der Waals surface area (Å²) in [5.74, 6) is 0.800. The summed E-state index contributed by atoms with van der Waals surface area (Å²) in [7, 11) is 0. The molecule has 0 heterocycles. The molecular formula is C44H58O. The number of rotatable bonds is 4. The average molecular weight is 603 g/mol. The lowest BCUT2D eigenvalue weighted by atomic mass is 9.62. The predicted molar refractivity (Wildman–Crippen MR) is 196 cm³/mol. The summed E-state index contributed by atoms with van der Waals surface area (Å²) >= 11 is 0. The maximum atomic E-state index is 11.8. The molecule has 240 valence electrons. The van der Waals surface area contributed by atoms with E-state index in [1.165, 1.54) is 80.6 Å². The Morgan fingerprint density at radius 2 is 1.04 bits per heavy atom. The maximum Gasteiger partial charge on any atom is 0.123 e. The Bertz CT molecular complexity index is 1710. The van der Waals surface area contributed by atoms with Crippen molar-refractivity contribution >= 4 is 21.5 Å². The van der Waals surface area contributed by atoms with Crippen molar-refractivity contribution in [1.82, 2.24) is 0 Å². The van der Waals surface area contributed by atoms with Gasteiger partial charge in [-0.25, -0.2) is 0 Å². The van der Waals surface area contributed by atoms with E-state index in [0.29, 0.717) is 11.7 Å². The molecule has 0 spiro atoms. The third-order valence-corrected chi connectivity index (χ3v) is 12.2. The van der Waals surface area contributed by atoms with E-state index >= 15 is 0 Å². The van der Waals surface area contributed by atoms with Crippen molar-refractivity contribution < 1.29 is 5.11 Å². The molecule has 0 radical (unpaired) electrons. The number of phenols is 1. The summed E-state index contributed by atoms with van der Waals surface area (Å²) in [5, 5.41) is 16.9. The number of aromatic hydroxyl groups is 1. The Morgan fingerprint density at radius 1 is 0.622 bits per heavy atom. The molecule has 6 rings (SSSR count). The van der Waals surface area contributed by atoms with E-state index in [1.54, 1.807) is 0 Å². The average Bonchev–Trinajstić information content (AvgIpc) is 2.94. The van der Waals surface area contributed by atoms with E-state index < -0.39 is 0 Å². The van der Waals surface area contributed by atoms with Crippen LogP contribution in [0.15, 0.2) is 48.5 Å². The monoisotopic (exact) mass is 602 g/mol. The van der Waals surface area contributed by atoms with Gasteiger partial charge in [0.25, 0.3) is 0 Å². The summed E-state index contributed by atoms with van der Waals surface area (Å²) in [6.07, 6.45) is 7.04. The second-order valence-corrected chi connectivity index (χ2v) is 18.5. The van der Waals surface area contributed by atoms with Crippen molar-refractivity contribution in [3.8, 4) is 16.9 Å². The SMILES string of the molecule is CCCC(c1ccc(O)c(-c2c3cc4c(cc3cc3cc5c(cc23)C(C)(C)CCC5(C)C)C(C)(C)CCC4(C)C)c1)C(C)(C)C. The van der Waals surface area contributed by atoms with Gasteiger partial charge >= 0.3 is 0 Å². The summed E-state index contributed by atoms with van der Waals surface area (Å²) in [6, 6.07) is 19.0. The zero-order chi connectivity index (χ0) is 32.9. The molecular weight excluding hydrogens is 544 g/mol. The summed E-state index contributed by atoms with van der Waals surface area (Å²) in [6.45, 7) is 28.7. The van der Waals surface area contributed by atoms with Crippen molar-refractivity contribution in [3.63, 3.8) is 0 Å². The lowest BCUT2D eigenvalue weighted by molar-refractivity contribution is 0.303. The van der Waals surface area contributed by atoms with E-state index in [2.05, 4.69) is 126 Å². The Balaban J connectivity index is 1.77. The molecule has 1 unspecified atom stereocenters. The minimum atomic E-state index is 0.107. The van der Waals surface area contributed by atoms with Crippen LogP contribution in [0.5, 0.6) is 5.75 Å². The van der Waals surface area contributed by atoms with Crippen molar-refractivity contribution in [2.45, 2.75) is 149 Å². The fraction of sp³-hybridized carbons (Fsp3) is 0.545. The van der Waals surface area contributed by atoms with Gasteiger partial charge in [-0.3, -0.25) is 0 Å². The molecule has 4 aromatic rings. The first-order valence-electron chi connectivity index (χ1n) is 17.7. The molecule has 45 heavy (non-hydrogen) atoms. The molecule has 4 aromatic carbocycles. The van der Waals surface area contributed by atoms with Crippen LogP contribution in [-0.4, -0.2) is 5.11 Å². The highest BCUT2D eigenvalue weighted by molar-refractivity contribution is 6.14. The van der Waals surface area contributed by atoms with Gasteiger partial charge in [0.15, 0.2) is 0 Å². The van der Waals surface area contributed by atoms with E-state index in [0.717, 1.165) is 18.4 Å². The number of benzene rings is 4. The molecule has 0 aromatic heterocycles. The van der Waals surface area contributed by atoms with E-state index in [4.69, 9.17) is 0 Å². The molecule has 1 heteroatoms. The lowest BCUT2D eigenvalue weighted by Gasteiger charge is -2.43. The Labute approximate surface area is 273 Å². The topological polar surface area (TPSA) is 20.2 Å². The van der Waals surface area contributed by atoms with Gasteiger partial charge in [-0.15, -0.1) is 0 Å². The van der Waals surface area contributed by atoms with Gasteiger partial charge in [-0.05, 0) is 145 Å². The summed E-state index contributed by atoms with van der Waals surface area (Å²) in [4.78, 5) is 0. The van der Waals surface area contributed by atoms with Gasteiger partial charge in [0, 0.05) is 11.1 Å². The molecule has 0 aliphatic heterocycles. The number of hydrogen-bond acceptors (Lipinski definition) is 1. The van der Waals surface area contributed by atoms with Crippen molar-refractivity contribution in [3.05, 3.63) is 76.3 Å². The first-order chi connectivity index (χ1) is 20.8. The molecule has 0 amide bonds. The Hall–Kier alpha value is -2.80. The van der Waals surface area contributed by atoms with Crippen LogP contribution in [0.2, 0.25) is 0 Å². The number of phenolic OH excluding ortho intramolecular Hbond substituents is 1. The van der Waals surface area contributed by atoms with Crippen LogP contribution in [0.25, 0.3) is 32.7 Å². The van der Waals surface area contributed by atoms with Crippen LogP contribution in [-0.2, 0) is 21.7 Å². The Morgan fingerprint density at radius 3 is 1.44 bits per heavy atom. The molecule has 0 saturated carbocycles. The summed E-state index contributed by atoms with van der Waals surface area (Å²) < 4.78 is 0. The molecule has 1 atom stereocenters. The largest absolute Gasteiger partial charge is 0.507 e. The first kappa shape index (κ1) is 32.2. The van der Waals surface area contributed by atoms with Gasteiger partial charge < -0.3 is 5.11 Å². The fourth-order valence-electron chi connectivity index (χ4n) is 8.89. The van der Waals surface area contributed by atoms with Crippen molar-refractivity contribution in [1.29, 1.82) is 0 Å². The van der Waals surface area contributed by atoms with Crippen LogP contribution in [0.3, 0.4) is 0 Å². The zero-order valence-electron chi connectivity index (χ0n) is 30.4. The molecule has 1 N–H and O–H groups in total. The van der Waals surface area contributed by atoms with Crippen LogP contribution < -0.4 is 0 Å². The maximum absolute atomic E-state index is 11.8. The second kappa shape index (κ2) is 10.4. The normalized spacial score (nSPS) is 20.5. The number of fused-ring (bicyclic) bond motifs is 4. The lowest BCUT2D eigenvalue weighted by Crippen LogP contribution is -2.34. The molecule has 0 fully saturated rings. The standard InChI is InChI=1S/C44H58O/c1-13-14-33(40(2,3)4)27-15-16-38(45)32(22-27)39-30-25-36-34(41(5,6)17-19-43(36,9)10)23-28(30)21-29-24-35-37(26-31(29)39)44(11,12)20-18-42(35,7)8/h15-16,21-26,33,45H,13-14,17-20H2,1-12H3. The van der Waals surface area contributed by atoms with Gasteiger partial charge in [-0.1, -0.05) is 108 Å². The van der Waals surface area contributed by atoms with E-state index in [-0.39, 0.29) is 27.1 Å². The van der Waals surface area contributed by atoms with E-state index in [9.17, 15) is 5.11 Å². The molecule has 0 bridgehead atoms. The smallest absolute Gasteiger partial charge is 0.123 e. The van der Waals surface area contributed by atoms with Crippen molar-refractivity contribution in [2.24, 2.45) is 5.41 Å². The fourth-order valence-corrected chi connectivity index (χ4v) is 8.89. The minimum Gasteiger partial charge on any atom is -0.507 e. The third kappa shape index (κ3) is 5.31.